The molecule has 1 heterocycles. The van der Waals surface area contributed by atoms with E-state index in [4.69, 9.17) is 26.2 Å². The van der Waals surface area contributed by atoms with E-state index in [1.165, 1.54) is 0 Å². The highest BCUT2D eigenvalue weighted by atomic mass is 16.5. The second kappa shape index (κ2) is 8.65. The van der Waals surface area contributed by atoms with Gasteiger partial charge in [-0.1, -0.05) is 5.16 Å². The van der Waals surface area contributed by atoms with Gasteiger partial charge >= 0.3 is 12.0 Å². The Kier molecular flexibility index (Phi) is 6.89. The van der Waals surface area contributed by atoms with Crippen molar-refractivity contribution >= 4 is 17.9 Å². The van der Waals surface area contributed by atoms with E-state index in [2.05, 4.69) is 20.8 Å². The van der Waals surface area contributed by atoms with E-state index in [9.17, 15) is 14.4 Å². The Labute approximate surface area is 130 Å². The van der Waals surface area contributed by atoms with Gasteiger partial charge in [-0.15, -0.1) is 0 Å². The molecular weight excluding hydrogens is 312 g/mol. The fraction of sp³-hybridized carbons (Fsp3) is 0.545. The van der Waals surface area contributed by atoms with Gasteiger partial charge in [-0.05, 0) is 6.42 Å². The monoisotopic (exact) mass is 330 g/mol. The van der Waals surface area contributed by atoms with Crippen molar-refractivity contribution in [3.8, 4) is 0 Å². The average molecular weight is 330 g/mol. The summed E-state index contributed by atoms with van der Waals surface area (Å²) in [7, 11) is 0. The molecule has 0 fully saturated rings. The van der Waals surface area contributed by atoms with Crippen LogP contribution in [0.3, 0.4) is 0 Å². The highest BCUT2D eigenvalue weighted by Crippen LogP contribution is 2.05. The number of hydrogen-bond donors (Lipinski definition) is 6. The topological polar surface area (TPSA) is 207 Å². The molecule has 0 bridgehead atoms. The van der Waals surface area contributed by atoms with Crippen LogP contribution in [0.5, 0.6) is 0 Å². The van der Waals surface area contributed by atoms with Gasteiger partial charge < -0.3 is 36.8 Å². The van der Waals surface area contributed by atoms with Crippen molar-refractivity contribution < 1.29 is 29.1 Å². The number of nitrogens with zero attached hydrogens (tertiary/aromatic N) is 2. The Morgan fingerprint density at radius 1 is 1.35 bits per heavy atom. The maximum Gasteiger partial charge on any atom is 0.326 e. The molecule has 0 aliphatic carbocycles. The van der Waals surface area contributed by atoms with E-state index in [1.54, 1.807) is 0 Å². The molecule has 12 nitrogen and oxygen atoms in total. The lowest BCUT2D eigenvalue weighted by molar-refractivity contribution is -0.139. The fourth-order valence-electron chi connectivity index (χ4n) is 1.48. The zero-order chi connectivity index (χ0) is 17.4. The van der Waals surface area contributed by atoms with Gasteiger partial charge in [-0.3, -0.25) is 4.79 Å². The van der Waals surface area contributed by atoms with Crippen molar-refractivity contribution in [2.45, 2.75) is 31.5 Å². The van der Waals surface area contributed by atoms with Crippen LogP contribution in [-0.4, -0.2) is 50.9 Å². The Balaban J connectivity index is 2.47. The minimum atomic E-state index is -1.30. The average Bonchev–Trinajstić information content (AvgIpc) is 2.97. The standard InChI is InChI=1S/C11H18N6O6/c12-5(4-18)9-16-8(23-17-9)3-14-11(22)15-6(10(20)21)1-2-7(13)19/h5-6,18H,1-4,12H2,(H2,13,19)(H,20,21)(H2,14,15,22)/t5-,6-/m0/s1. The molecule has 1 rings (SSSR count). The summed E-state index contributed by atoms with van der Waals surface area (Å²) >= 11 is 0. The molecule has 8 N–H and O–H groups in total. The zero-order valence-corrected chi connectivity index (χ0v) is 12.1. The Morgan fingerprint density at radius 3 is 2.61 bits per heavy atom. The Morgan fingerprint density at radius 2 is 2.04 bits per heavy atom. The lowest BCUT2D eigenvalue weighted by atomic mass is 10.1. The molecule has 1 aromatic heterocycles. The van der Waals surface area contributed by atoms with Crippen LogP contribution < -0.4 is 22.1 Å². The van der Waals surface area contributed by atoms with Gasteiger partial charge in [0.05, 0.1) is 19.2 Å². The van der Waals surface area contributed by atoms with Crippen LogP contribution in [0.25, 0.3) is 0 Å². The van der Waals surface area contributed by atoms with Crippen molar-refractivity contribution in [3.63, 3.8) is 0 Å². The lowest BCUT2D eigenvalue weighted by Crippen LogP contribution is -2.46. The first-order valence-corrected chi connectivity index (χ1v) is 6.57. The molecule has 0 unspecified atom stereocenters. The third kappa shape index (κ3) is 6.27. The van der Waals surface area contributed by atoms with Gasteiger partial charge in [0.2, 0.25) is 11.8 Å². The van der Waals surface area contributed by atoms with E-state index in [0.29, 0.717) is 0 Å². The number of carboxylic acid groups (broad SMARTS) is 1. The summed E-state index contributed by atoms with van der Waals surface area (Å²) in [6, 6.07) is -2.86. The van der Waals surface area contributed by atoms with Crippen LogP contribution in [-0.2, 0) is 16.1 Å². The minimum absolute atomic E-state index is 0.0306. The van der Waals surface area contributed by atoms with Crippen molar-refractivity contribution in [2.24, 2.45) is 11.5 Å². The van der Waals surface area contributed by atoms with Crippen molar-refractivity contribution in [3.05, 3.63) is 11.7 Å². The number of carboxylic acids is 1. The SMILES string of the molecule is NC(=O)CC[C@H](NC(=O)NCc1nc([C@@H](N)CO)no1)C(=O)O. The number of rotatable bonds is 9. The van der Waals surface area contributed by atoms with Crippen molar-refractivity contribution in [1.29, 1.82) is 0 Å². The van der Waals surface area contributed by atoms with Crippen LogP contribution in [0.4, 0.5) is 4.79 Å². The number of nitrogens with two attached hydrogens (primary N) is 2. The van der Waals surface area contributed by atoms with Crippen molar-refractivity contribution in [2.75, 3.05) is 6.61 Å². The number of aliphatic hydroxyl groups is 1. The molecule has 0 aliphatic heterocycles. The maximum atomic E-state index is 11.6. The van der Waals surface area contributed by atoms with Crippen LogP contribution in [0, 0.1) is 0 Å². The molecule has 2 atom stereocenters. The summed E-state index contributed by atoms with van der Waals surface area (Å²) in [5, 5.41) is 25.8. The number of aromatic nitrogens is 2. The maximum absolute atomic E-state index is 11.6. The van der Waals surface area contributed by atoms with E-state index < -0.39 is 30.0 Å². The number of urea groups is 1. The number of nitrogens with one attached hydrogen (secondary N) is 2. The van der Waals surface area contributed by atoms with Gasteiger partial charge in [0.1, 0.15) is 6.04 Å². The molecule has 0 spiro atoms. The molecule has 1 aromatic rings. The molecule has 0 radical (unpaired) electrons. The van der Waals surface area contributed by atoms with Crippen LogP contribution in [0.15, 0.2) is 4.52 Å². The summed E-state index contributed by atoms with van der Waals surface area (Å²) in [5.41, 5.74) is 10.4. The number of aliphatic carboxylic acids is 1. The van der Waals surface area contributed by atoms with Gasteiger partial charge in [-0.2, -0.15) is 4.98 Å². The number of carbonyl (C=O) groups is 3. The lowest BCUT2D eigenvalue weighted by Gasteiger charge is -2.13. The molecule has 0 aromatic carbocycles. The van der Waals surface area contributed by atoms with Crippen molar-refractivity contribution in [1.82, 2.24) is 20.8 Å². The second-order valence-electron chi connectivity index (χ2n) is 4.56. The largest absolute Gasteiger partial charge is 0.480 e. The van der Waals surface area contributed by atoms with Crippen LogP contribution in [0.1, 0.15) is 30.6 Å². The quantitative estimate of drug-likeness (QED) is 0.284. The zero-order valence-electron chi connectivity index (χ0n) is 12.1. The summed E-state index contributed by atoms with van der Waals surface area (Å²) in [6.07, 6.45) is -0.308. The summed E-state index contributed by atoms with van der Waals surface area (Å²) < 4.78 is 4.80. The van der Waals surface area contributed by atoms with E-state index in [0.717, 1.165) is 0 Å². The molecule has 0 saturated carbocycles. The number of carbonyl (C=O) groups excluding carboxylic acids is 2. The smallest absolute Gasteiger partial charge is 0.326 e. The first-order chi connectivity index (χ1) is 10.8. The molecule has 3 amide bonds. The molecular formula is C11H18N6O6. The van der Waals surface area contributed by atoms with E-state index >= 15 is 0 Å². The van der Waals surface area contributed by atoms with Crippen LogP contribution in [0.2, 0.25) is 0 Å². The predicted molar refractivity (Wildman–Crippen MR) is 73.5 cm³/mol. The van der Waals surface area contributed by atoms with E-state index in [1.807, 2.05) is 0 Å². The third-order valence-electron chi connectivity index (χ3n) is 2.70. The molecule has 128 valence electrons. The Hall–Kier alpha value is -2.73. The number of aliphatic hydroxyl groups excluding tert-OH is 1. The fourth-order valence-corrected chi connectivity index (χ4v) is 1.48. The van der Waals surface area contributed by atoms with Gasteiger partial charge in [0.15, 0.2) is 5.82 Å². The molecule has 0 aliphatic rings. The highest BCUT2D eigenvalue weighted by molar-refractivity contribution is 5.83. The third-order valence-corrected chi connectivity index (χ3v) is 2.70. The molecule has 0 saturated heterocycles. The second-order valence-corrected chi connectivity index (χ2v) is 4.56. The highest BCUT2D eigenvalue weighted by Gasteiger charge is 2.21. The minimum Gasteiger partial charge on any atom is -0.480 e. The summed E-state index contributed by atoms with van der Waals surface area (Å²) in [4.78, 5) is 37.1. The summed E-state index contributed by atoms with van der Waals surface area (Å²) in [6.45, 7) is -0.536. The van der Waals surface area contributed by atoms with Gasteiger partial charge in [0, 0.05) is 6.42 Å². The van der Waals surface area contributed by atoms with Gasteiger partial charge in [-0.25, -0.2) is 9.59 Å². The summed E-state index contributed by atoms with van der Waals surface area (Å²) in [5.74, 6) is -1.86. The Bertz CT molecular complexity index is 561. The number of amides is 3. The number of hydrogen-bond acceptors (Lipinski definition) is 8. The first-order valence-electron chi connectivity index (χ1n) is 6.57. The molecule has 12 heteroatoms. The molecule has 23 heavy (non-hydrogen) atoms. The predicted octanol–water partition coefficient (Wildman–Crippen LogP) is -2.42. The number of primary amides is 1. The first kappa shape index (κ1) is 18.3. The van der Waals surface area contributed by atoms with Gasteiger partial charge in [0.25, 0.3) is 0 Å². The van der Waals surface area contributed by atoms with Crippen LogP contribution >= 0.6 is 0 Å². The normalized spacial score (nSPS) is 13.1. The van der Waals surface area contributed by atoms with E-state index in [-0.39, 0.29) is 37.7 Å².